The number of hydrogen-bond acceptors (Lipinski definition) is 7. The molecule has 0 amide bonds. The first-order valence-electron chi connectivity index (χ1n) is 31.8. The van der Waals surface area contributed by atoms with Crippen LogP contribution >= 0.6 is 0 Å². The molecule has 0 atom stereocenters. The van der Waals surface area contributed by atoms with E-state index in [0.29, 0.717) is 22.7 Å². The normalized spacial score (nSPS) is 14.2. The zero-order chi connectivity index (χ0) is 60.6. The van der Waals surface area contributed by atoms with Gasteiger partial charge >= 0.3 is 0 Å². The van der Waals surface area contributed by atoms with Crippen LogP contribution < -0.4 is 94.6 Å². The van der Waals surface area contributed by atoms with Crippen molar-refractivity contribution in [2.75, 3.05) is 19.6 Å². The third kappa shape index (κ3) is 6.06. The fourth-order valence-corrected chi connectivity index (χ4v) is 17.9. The highest BCUT2D eigenvalue weighted by atomic mass is 16.5. The summed E-state index contributed by atoms with van der Waals surface area (Å²) in [5, 5.41) is 14.3. The molecule has 0 bridgehead atoms. The first kappa shape index (κ1) is 49.6. The van der Waals surface area contributed by atoms with Crippen molar-refractivity contribution in [2.45, 2.75) is 0 Å². The maximum absolute atomic E-state index is 12.1. The Morgan fingerprint density at radius 1 is 0.333 bits per heavy atom. The molecule has 0 aliphatic carbocycles. The number of nitrogens with zero attached hydrogens (tertiary/aromatic N) is 7. The number of fused-ring (bicyclic) bond motifs is 23. The number of hydrogen-bond donors (Lipinski definition) is 0. The van der Waals surface area contributed by atoms with Crippen molar-refractivity contribution in [3.05, 3.63) is 278 Å². The molecule has 13 aromatic carbocycles. The Kier molecular flexibility index (Phi) is 9.47. The van der Waals surface area contributed by atoms with Gasteiger partial charge in [0, 0.05) is 73.3 Å². The van der Waals surface area contributed by atoms with E-state index in [9.17, 15) is 11.8 Å². The number of rotatable bonds is 3. The van der Waals surface area contributed by atoms with Gasteiger partial charge in [0.1, 0.15) is 34.6 Å². The second-order valence-electron chi connectivity index (χ2n) is 25.4. The molecule has 0 spiro atoms. The average Bonchev–Trinajstić information content (AvgIpc) is 1.31. The van der Waals surface area contributed by atoms with Gasteiger partial charge in [-0.3, -0.25) is 0 Å². The van der Waals surface area contributed by atoms with Gasteiger partial charge in [-0.05, 0) is 150 Å². The lowest BCUT2D eigenvalue weighted by atomic mass is 9.29. The Hall–Kier alpha value is -12.3. The van der Waals surface area contributed by atoms with Gasteiger partial charge in [0.15, 0.2) is 0 Å². The van der Waals surface area contributed by atoms with Gasteiger partial charge in [-0.1, -0.05) is 176 Å². The van der Waals surface area contributed by atoms with Gasteiger partial charge in [-0.15, -0.1) is 0 Å². The molecule has 0 N–H and O–H groups in total. The zero-order valence-corrected chi connectivity index (χ0v) is 49.6. The maximum atomic E-state index is 12.1. The predicted octanol–water partition coefficient (Wildman–Crippen LogP) is 11.2. The number of benzene rings is 13. The molecular formula is C80H43B4N7O2. The number of para-hydroxylation sites is 9. The number of nitriles is 1. The minimum Gasteiger partial charge on any atom is -0.469 e. The van der Waals surface area contributed by atoms with Gasteiger partial charge in [-0.2, -0.15) is 5.26 Å². The Balaban J connectivity index is 0.884. The molecule has 0 unspecified atom stereocenters. The SMILES string of the molecule is [C-]#[N+]c1c2c3c4c5c1N(c1ccccc1)c1cc6c(cc1B5c1ccccc1N4c1ccccc1B3c1ccccc1O2)c1cc2c(cc1n6-c1ccccc1)N(c1ccccc1)c1c(C#N)c3c4c5c1B2c1ccccc1N5c1ccccc1B4c1ccccc1O3. The Bertz CT molecular complexity index is 5550. The highest BCUT2D eigenvalue weighted by Gasteiger charge is 2.55. The molecular weight excluding hydrogens is 1130 g/mol. The van der Waals surface area contributed by atoms with E-state index in [0.717, 1.165) is 156 Å². The lowest BCUT2D eigenvalue weighted by Crippen LogP contribution is -2.68. The van der Waals surface area contributed by atoms with Gasteiger partial charge in [0.2, 0.25) is 6.71 Å². The van der Waals surface area contributed by atoms with Crippen LogP contribution in [-0.4, -0.2) is 31.4 Å². The van der Waals surface area contributed by atoms with Crippen LogP contribution in [0.15, 0.2) is 261 Å². The van der Waals surface area contributed by atoms with Crippen LogP contribution in [0.4, 0.5) is 73.9 Å². The zero-order valence-electron chi connectivity index (χ0n) is 49.6. The fraction of sp³-hybridized carbons (Fsp3) is 0. The van der Waals surface area contributed by atoms with E-state index in [2.05, 4.69) is 278 Å². The second-order valence-corrected chi connectivity index (χ2v) is 25.4. The molecule has 8 aliphatic heterocycles. The van der Waals surface area contributed by atoms with Crippen molar-refractivity contribution in [3.8, 4) is 34.8 Å². The fourth-order valence-electron chi connectivity index (χ4n) is 17.9. The lowest BCUT2D eigenvalue weighted by molar-refractivity contribution is 0.486. The Morgan fingerprint density at radius 3 is 1.15 bits per heavy atom. The molecule has 422 valence electrons. The minimum atomic E-state index is -0.304. The van der Waals surface area contributed by atoms with E-state index in [-0.39, 0.29) is 26.9 Å². The summed E-state index contributed by atoms with van der Waals surface area (Å²) in [5.41, 5.74) is 29.5. The molecule has 13 heteroatoms. The summed E-state index contributed by atoms with van der Waals surface area (Å²) in [6.07, 6.45) is 0. The van der Waals surface area contributed by atoms with E-state index >= 15 is 0 Å². The molecule has 0 radical (unpaired) electrons. The molecule has 14 aromatic rings. The van der Waals surface area contributed by atoms with E-state index in [1.807, 2.05) is 18.2 Å². The third-order valence-corrected chi connectivity index (χ3v) is 21.2. The van der Waals surface area contributed by atoms with Crippen molar-refractivity contribution < 1.29 is 9.47 Å². The smallest absolute Gasteiger partial charge is 0.256 e. The van der Waals surface area contributed by atoms with Crippen LogP contribution in [0.25, 0.3) is 32.3 Å². The molecule has 93 heavy (non-hydrogen) atoms. The largest absolute Gasteiger partial charge is 0.469 e. The molecule has 0 saturated heterocycles. The predicted molar refractivity (Wildman–Crippen MR) is 382 cm³/mol. The summed E-state index contributed by atoms with van der Waals surface area (Å²) in [4.78, 5) is 14.3. The van der Waals surface area contributed by atoms with Crippen LogP contribution in [-0.2, 0) is 0 Å². The number of ether oxygens (including phenoxy) is 2. The minimum absolute atomic E-state index is 0.181. The average molecular weight is 1180 g/mol. The lowest BCUT2D eigenvalue weighted by Gasteiger charge is -2.49. The second kappa shape index (κ2) is 17.8. The van der Waals surface area contributed by atoms with Gasteiger partial charge < -0.3 is 33.6 Å². The third-order valence-electron chi connectivity index (χ3n) is 21.2. The highest BCUT2D eigenvalue weighted by molar-refractivity contribution is 7.06. The quantitative estimate of drug-likeness (QED) is 0.129. The van der Waals surface area contributed by atoms with Crippen LogP contribution in [0.1, 0.15) is 5.56 Å². The molecule has 9 nitrogen and oxygen atoms in total. The van der Waals surface area contributed by atoms with Gasteiger partial charge in [0.05, 0.1) is 29.0 Å². The summed E-state index contributed by atoms with van der Waals surface area (Å²) in [6.45, 7) is 8.49. The number of anilines is 12. The van der Waals surface area contributed by atoms with Crippen molar-refractivity contribution in [3.63, 3.8) is 0 Å². The Labute approximate surface area is 536 Å². The summed E-state index contributed by atoms with van der Waals surface area (Å²) in [5.74, 6) is 2.73. The summed E-state index contributed by atoms with van der Waals surface area (Å²) >= 11 is 0. The topological polar surface area (TPSA) is 64.5 Å². The Morgan fingerprint density at radius 2 is 0.699 bits per heavy atom. The molecule has 0 fully saturated rings. The first-order valence-corrected chi connectivity index (χ1v) is 31.8. The van der Waals surface area contributed by atoms with Gasteiger partial charge in [0.25, 0.3) is 25.8 Å². The van der Waals surface area contributed by atoms with Crippen molar-refractivity contribution >= 4 is 188 Å². The van der Waals surface area contributed by atoms with E-state index in [1.165, 1.54) is 16.4 Å². The van der Waals surface area contributed by atoms with Crippen molar-refractivity contribution in [2.24, 2.45) is 0 Å². The highest BCUT2D eigenvalue weighted by Crippen LogP contribution is 2.56. The van der Waals surface area contributed by atoms with E-state index in [1.54, 1.807) is 0 Å². The van der Waals surface area contributed by atoms with Crippen LogP contribution in [0.3, 0.4) is 0 Å². The van der Waals surface area contributed by atoms with E-state index in [4.69, 9.17) is 9.47 Å². The molecule has 1 aromatic heterocycles. The summed E-state index contributed by atoms with van der Waals surface area (Å²) < 4.78 is 16.9. The summed E-state index contributed by atoms with van der Waals surface area (Å²) in [7, 11) is 0. The number of aromatic nitrogens is 1. The summed E-state index contributed by atoms with van der Waals surface area (Å²) in [6, 6.07) is 96.9. The van der Waals surface area contributed by atoms with Crippen LogP contribution in [0, 0.1) is 17.9 Å². The van der Waals surface area contributed by atoms with Crippen molar-refractivity contribution in [1.29, 1.82) is 5.26 Å². The molecule has 0 saturated carbocycles. The van der Waals surface area contributed by atoms with E-state index < -0.39 is 0 Å². The first-order chi connectivity index (χ1) is 46.1. The van der Waals surface area contributed by atoms with Crippen molar-refractivity contribution in [1.82, 2.24) is 4.57 Å². The standard InChI is InChI=1S/C80H43B4N7O2/c1-86-74-78-71-77-73-80(74)93-69-40-22-16-34-57(69)82(73)53-30-12-18-36-61(53)91(77)63-38-20-14-32-55(63)84(71)59-42-50-49-41-58-66(43-64(49)87(46-23-5-2-6-24-46)65(50)44-67(59)89(78)48-27-9-4-10-28-48)88(47-25-7-3-8-26-47)75-51(45-85)79-72-76-70(75)83(58)54-31-13-19-37-62(54)90(76)60-35-17-11-29-52(60)81(72)56-33-15-21-39-68(56)92-79/h2-44H. The molecule has 22 rings (SSSR count). The van der Waals surface area contributed by atoms with Crippen LogP contribution in [0.5, 0.6) is 23.0 Å². The molecule has 9 heterocycles. The molecule has 8 aliphatic rings. The van der Waals surface area contributed by atoms with Gasteiger partial charge in [-0.25, -0.2) is 4.85 Å². The monoisotopic (exact) mass is 1180 g/mol. The van der Waals surface area contributed by atoms with Crippen LogP contribution in [0.2, 0.25) is 0 Å². The maximum Gasteiger partial charge on any atom is 0.256 e.